The van der Waals surface area contributed by atoms with Gasteiger partial charge in [-0.05, 0) is 24.6 Å². The van der Waals surface area contributed by atoms with Crippen LogP contribution in [-0.2, 0) is 4.79 Å². The number of nitrogens with one attached hydrogen (secondary N) is 1. The molecule has 2 aromatic heterocycles. The number of hydrogen-bond acceptors (Lipinski definition) is 4. The van der Waals surface area contributed by atoms with Crippen molar-refractivity contribution < 1.29 is 19.1 Å². The molecular weight excluding hydrogens is 332 g/mol. The molecule has 0 saturated carbocycles. The maximum absolute atomic E-state index is 13.0. The molecule has 0 fully saturated rings. The molecule has 26 heavy (non-hydrogen) atoms. The molecule has 6 heteroatoms. The normalized spacial score (nSPS) is 17.5. The number of hydrogen-bond donors (Lipinski definition) is 2. The molecule has 6 nitrogen and oxygen atoms in total. The molecule has 0 radical (unpaired) electrons. The summed E-state index contributed by atoms with van der Waals surface area (Å²) in [5.41, 5.74) is 1.74. The summed E-state index contributed by atoms with van der Waals surface area (Å²) < 4.78 is 5.21. The van der Waals surface area contributed by atoms with E-state index in [0.29, 0.717) is 13.0 Å². The average molecular weight is 350 g/mol. The maximum atomic E-state index is 13.0. The van der Waals surface area contributed by atoms with Crippen molar-refractivity contribution in [3.05, 3.63) is 71.5 Å². The second kappa shape index (κ2) is 6.22. The SMILES string of the molecule is CCCN1C(=O)C(O)=C(C(=O)c2ccco2)C1c1c[nH]c2ccccc12. The van der Waals surface area contributed by atoms with E-state index in [1.54, 1.807) is 17.2 Å². The monoisotopic (exact) mass is 350 g/mol. The lowest BCUT2D eigenvalue weighted by atomic mass is 9.94. The fourth-order valence-electron chi connectivity index (χ4n) is 3.54. The zero-order chi connectivity index (χ0) is 18.3. The molecule has 3 heterocycles. The summed E-state index contributed by atoms with van der Waals surface area (Å²) in [4.78, 5) is 30.3. The predicted octanol–water partition coefficient (Wildman–Crippen LogP) is 3.75. The van der Waals surface area contributed by atoms with Crippen LogP contribution in [0.2, 0.25) is 0 Å². The molecule has 1 unspecified atom stereocenters. The molecule has 3 aromatic rings. The molecule has 1 aliphatic heterocycles. The minimum absolute atomic E-state index is 0.0585. The van der Waals surface area contributed by atoms with Gasteiger partial charge in [0, 0.05) is 29.2 Å². The van der Waals surface area contributed by atoms with E-state index in [9.17, 15) is 14.7 Å². The van der Waals surface area contributed by atoms with Gasteiger partial charge in [0.2, 0.25) is 5.78 Å². The molecule has 1 aromatic carbocycles. The van der Waals surface area contributed by atoms with Crippen LogP contribution in [0.5, 0.6) is 0 Å². The summed E-state index contributed by atoms with van der Waals surface area (Å²) in [6.45, 7) is 2.38. The molecule has 1 amide bonds. The number of carbonyl (C=O) groups is 2. The molecule has 1 atom stereocenters. The zero-order valence-electron chi connectivity index (χ0n) is 14.2. The van der Waals surface area contributed by atoms with Crippen LogP contribution in [0.25, 0.3) is 10.9 Å². The van der Waals surface area contributed by atoms with E-state index in [1.165, 1.54) is 12.3 Å². The standard InChI is InChI=1S/C20H18N2O4/c1-2-9-22-17(13-11-21-14-7-4-3-6-12(13)14)16(19(24)20(22)25)18(23)15-8-5-10-26-15/h3-8,10-11,17,21,24H,2,9H2,1H3. The largest absolute Gasteiger partial charge is 0.503 e. The van der Waals surface area contributed by atoms with Gasteiger partial charge in [-0.3, -0.25) is 9.59 Å². The molecule has 0 saturated heterocycles. The smallest absolute Gasteiger partial charge is 0.290 e. The number of fused-ring (bicyclic) bond motifs is 1. The van der Waals surface area contributed by atoms with Gasteiger partial charge in [-0.2, -0.15) is 0 Å². The number of aliphatic hydroxyl groups excluding tert-OH is 1. The van der Waals surface area contributed by atoms with E-state index in [0.717, 1.165) is 16.5 Å². The van der Waals surface area contributed by atoms with Crippen molar-refractivity contribution in [2.45, 2.75) is 19.4 Å². The Morgan fingerprint density at radius 3 is 2.81 bits per heavy atom. The van der Waals surface area contributed by atoms with Crippen molar-refractivity contribution in [3.63, 3.8) is 0 Å². The van der Waals surface area contributed by atoms with Crippen molar-refractivity contribution in [3.8, 4) is 0 Å². The first-order valence-electron chi connectivity index (χ1n) is 8.51. The van der Waals surface area contributed by atoms with Gasteiger partial charge < -0.3 is 19.4 Å². The lowest BCUT2D eigenvalue weighted by molar-refractivity contribution is -0.129. The van der Waals surface area contributed by atoms with Gasteiger partial charge in [-0.25, -0.2) is 0 Å². The molecule has 132 valence electrons. The number of Topliss-reactive ketones (excluding diaryl/α,β-unsaturated/α-hetero) is 1. The minimum Gasteiger partial charge on any atom is -0.503 e. The lowest BCUT2D eigenvalue weighted by Gasteiger charge is -2.25. The van der Waals surface area contributed by atoms with Crippen LogP contribution in [-0.4, -0.2) is 33.2 Å². The van der Waals surface area contributed by atoms with Crippen molar-refractivity contribution in [2.75, 3.05) is 6.54 Å². The zero-order valence-corrected chi connectivity index (χ0v) is 14.2. The second-order valence-electron chi connectivity index (χ2n) is 6.26. The fourth-order valence-corrected chi connectivity index (χ4v) is 3.54. The molecule has 0 aliphatic carbocycles. The number of aromatic nitrogens is 1. The number of aliphatic hydroxyl groups is 1. The highest BCUT2D eigenvalue weighted by Gasteiger charge is 2.44. The summed E-state index contributed by atoms with van der Waals surface area (Å²) in [5.74, 6) is -1.41. The van der Waals surface area contributed by atoms with Crippen LogP contribution in [0, 0.1) is 0 Å². The van der Waals surface area contributed by atoms with Crippen LogP contribution in [0.15, 0.2) is 64.6 Å². The highest BCUT2D eigenvalue weighted by molar-refractivity contribution is 6.15. The number of aromatic amines is 1. The van der Waals surface area contributed by atoms with Gasteiger partial charge in [0.25, 0.3) is 5.91 Å². The Morgan fingerprint density at radius 1 is 1.27 bits per heavy atom. The third kappa shape index (κ3) is 2.34. The van der Waals surface area contributed by atoms with Crippen LogP contribution in [0.1, 0.15) is 35.5 Å². The first-order chi connectivity index (χ1) is 12.6. The van der Waals surface area contributed by atoms with E-state index in [2.05, 4.69) is 4.98 Å². The van der Waals surface area contributed by atoms with E-state index in [4.69, 9.17) is 4.42 Å². The minimum atomic E-state index is -0.656. The Kier molecular flexibility index (Phi) is 3.88. The third-order valence-electron chi connectivity index (χ3n) is 4.67. The molecule has 0 spiro atoms. The van der Waals surface area contributed by atoms with Crippen molar-refractivity contribution in [1.29, 1.82) is 0 Å². The van der Waals surface area contributed by atoms with Crippen LogP contribution in [0.4, 0.5) is 0 Å². The van der Waals surface area contributed by atoms with Crippen LogP contribution in [0.3, 0.4) is 0 Å². The number of amides is 1. The Labute approximate surface area is 149 Å². The van der Waals surface area contributed by atoms with Crippen molar-refractivity contribution in [1.82, 2.24) is 9.88 Å². The van der Waals surface area contributed by atoms with Gasteiger partial charge in [-0.15, -0.1) is 0 Å². The fraction of sp³-hybridized carbons (Fsp3) is 0.200. The molecule has 1 aliphatic rings. The van der Waals surface area contributed by atoms with Gasteiger partial charge in [-0.1, -0.05) is 25.1 Å². The summed E-state index contributed by atoms with van der Waals surface area (Å²) in [6, 6.07) is 10.1. The number of nitrogens with zero attached hydrogens (tertiary/aromatic N) is 1. The second-order valence-corrected chi connectivity index (χ2v) is 6.26. The van der Waals surface area contributed by atoms with Gasteiger partial charge in [0.1, 0.15) is 0 Å². The predicted molar refractivity (Wildman–Crippen MR) is 95.7 cm³/mol. The van der Waals surface area contributed by atoms with Gasteiger partial charge >= 0.3 is 0 Å². The first-order valence-corrected chi connectivity index (χ1v) is 8.51. The molecule has 4 rings (SSSR count). The highest BCUT2D eigenvalue weighted by atomic mass is 16.3. The quantitative estimate of drug-likeness (QED) is 0.686. The number of ketones is 1. The van der Waals surface area contributed by atoms with Crippen molar-refractivity contribution in [2.24, 2.45) is 0 Å². The first kappa shape index (κ1) is 16.2. The van der Waals surface area contributed by atoms with E-state index in [-0.39, 0.29) is 11.3 Å². The van der Waals surface area contributed by atoms with Crippen LogP contribution < -0.4 is 0 Å². The summed E-state index contributed by atoms with van der Waals surface area (Å²) >= 11 is 0. The van der Waals surface area contributed by atoms with Crippen molar-refractivity contribution >= 4 is 22.6 Å². The Balaban J connectivity index is 1.89. The highest BCUT2D eigenvalue weighted by Crippen LogP contribution is 2.41. The molecule has 2 N–H and O–H groups in total. The summed E-state index contributed by atoms with van der Waals surface area (Å²) in [7, 11) is 0. The Bertz CT molecular complexity index is 1010. The third-order valence-corrected chi connectivity index (χ3v) is 4.67. The number of para-hydroxylation sites is 1. The number of carbonyl (C=O) groups excluding carboxylic acids is 2. The number of benzene rings is 1. The van der Waals surface area contributed by atoms with Crippen LogP contribution >= 0.6 is 0 Å². The summed E-state index contributed by atoms with van der Waals surface area (Å²) in [6.07, 6.45) is 3.89. The summed E-state index contributed by atoms with van der Waals surface area (Å²) in [5, 5.41) is 11.4. The van der Waals surface area contributed by atoms with E-state index >= 15 is 0 Å². The topological polar surface area (TPSA) is 86.5 Å². The Hall–Kier alpha value is -3.28. The lowest BCUT2D eigenvalue weighted by Crippen LogP contribution is -2.31. The van der Waals surface area contributed by atoms with E-state index < -0.39 is 23.5 Å². The molecular formula is C20H18N2O4. The number of rotatable bonds is 5. The maximum Gasteiger partial charge on any atom is 0.290 e. The van der Waals surface area contributed by atoms with E-state index in [1.807, 2.05) is 31.2 Å². The Morgan fingerprint density at radius 2 is 2.08 bits per heavy atom. The number of H-pyrrole nitrogens is 1. The average Bonchev–Trinajstić information content (AvgIpc) is 3.36. The number of furan rings is 1. The van der Waals surface area contributed by atoms with Gasteiger partial charge in [0.15, 0.2) is 11.5 Å². The molecule has 0 bridgehead atoms. The van der Waals surface area contributed by atoms with Gasteiger partial charge in [0.05, 0.1) is 17.9 Å².